The third-order valence-corrected chi connectivity index (χ3v) is 3.99. The molecule has 0 bridgehead atoms. The summed E-state index contributed by atoms with van der Waals surface area (Å²) in [5.41, 5.74) is 1.43. The fourth-order valence-corrected chi connectivity index (χ4v) is 2.83. The van der Waals surface area contributed by atoms with Crippen molar-refractivity contribution in [3.63, 3.8) is 0 Å². The van der Waals surface area contributed by atoms with Crippen LogP contribution in [0.4, 0.5) is 0 Å². The zero-order chi connectivity index (χ0) is 11.5. The zero-order valence-corrected chi connectivity index (χ0v) is 10.4. The van der Waals surface area contributed by atoms with Crippen LogP contribution in [0.3, 0.4) is 0 Å². The predicted molar refractivity (Wildman–Crippen MR) is 75.7 cm³/mol. The molecule has 0 N–H and O–H groups in total. The van der Waals surface area contributed by atoms with Crippen molar-refractivity contribution >= 4 is 22.1 Å². The molecule has 0 amide bonds. The molecule has 0 spiro atoms. The highest BCUT2D eigenvalue weighted by molar-refractivity contribution is 7.09. The Morgan fingerprint density at radius 1 is 0.765 bits per heavy atom. The molecule has 0 saturated heterocycles. The molecule has 3 aromatic rings. The SMILES string of the molecule is c1csc(CCc2ccc3ccccc3c2)c1. The van der Waals surface area contributed by atoms with Crippen LogP contribution in [-0.4, -0.2) is 0 Å². The van der Waals surface area contributed by atoms with Crippen molar-refractivity contribution in [1.82, 2.24) is 0 Å². The fourth-order valence-electron chi connectivity index (χ4n) is 2.12. The molecule has 0 fully saturated rings. The average molecular weight is 238 g/mol. The highest BCUT2D eigenvalue weighted by Gasteiger charge is 1.98. The van der Waals surface area contributed by atoms with Gasteiger partial charge in [0, 0.05) is 4.88 Å². The maximum Gasteiger partial charge on any atom is 0.00485 e. The van der Waals surface area contributed by atoms with Crippen LogP contribution in [0, 0.1) is 0 Å². The van der Waals surface area contributed by atoms with Gasteiger partial charge < -0.3 is 0 Å². The van der Waals surface area contributed by atoms with Gasteiger partial charge in [-0.05, 0) is 40.6 Å². The summed E-state index contributed by atoms with van der Waals surface area (Å²) in [6, 6.07) is 19.7. The summed E-state index contributed by atoms with van der Waals surface area (Å²) in [6.45, 7) is 0. The van der Waals surface area contributed by atoms with Crippen LogP contribution < -0.4 is 0 Å². The molecule has 0 saturated carbocycles. The molecule has 2 aromatic carbocycles. The van der Waals surface area contributed by atoms with E-state index < -0.39 is 0 Å². The monoisotopic (exact) mass is 238 g/mol. The third kappa shape index (κ3) is 2.40. The fraction of sp³-hybridized carbons (Fsp3) is 0.125. The zero-order valence-electron chi connectivity index (χ0n) is 9.60. The smallest absolute Gasteiger partial charge is 0.00485 e. The summed E-state index contributed by atoms with van der Waals surface area (Å²) in [5, 5.41) is 4.82. The lowest BCUT2D eigenvalue weighted by Crippen LogP contribution is -1.88. The molecular formula is C16H14S. The first kappa shape index (κ1) is 10.5. The van der Waals surface area contributed by atoms with Crippen molar-refractivity contribution in [3.05, 3.63) is 70.4 Å². The number of hydrogen-bond acceptors (Lipinski definition) is 1. The molecule has 0 radical (unpaired) electrons. The predicted octanol–water partition coefficient (Wildman–Crippen LogP) is 4.69. The maximum absolute atomic E-state index is 2.31. The van der Waals surface area contributed by atoms with Crippen molar-refractivity contribution in [2.45, 2.75) is 12.8 Å². The Morgan fingerprint density at radius 2 is 1.65 bits per heavy atom. The van der Waals surface area contributed by atoms with E-state index in [1.807, 2.05) is 11.3 Å². The lowest BCUT2D eigenvalue weighted by atomic mass is 10.0. The molecule has 17 heavy (non-hydrogen) atoms. The van der Waals surface area contributed by atoms with Gasteiger partial charge in [0.15, 0.2) is 0 Å². The lowest BCUT2D eigenvalue weighted by molar-refractivity contribution is 0.983. The molecule has 0 atom stereocenters. The number of rotatable bonds is 3. The molecule has 0 unspecified atom stereocenters. The summed E-state index contributed by atoms with van der Waals surface area (Å²) in [7, 11) is 0. The number of benzene rings is 2. The minimum atomic E-state index is 1.13. The van der Waals surface area contributed by atoms with Gasteiger partial charge in [0.25, 0.3) is 0 Å². The van der Waals surface area contributed by atoms with Crippen LogP contribution >= 0.6 is 11.3 Å². The van der Waals surface area contributed by atoms with Gasteiger partial charge in [0.2, 0.25) is 0 Å². The Kier molecular flexibility index (Phi) is 2.93. The van der Waals surface area contributed by atoms with Crippen LogP contribution in [0.1, 0.15) is 10.4 Å². The minimum Gasteiger partial charge on any atom is -0.149 e. The van der Waals surface area contributed by atoms with Gasteiger partial charge in [-0.25, -0.2) is 0 Å². The molecule has 84 valence electrons. The van der Waals surface area contributed by atoms with Gasteiger partial charge in [0.1, 0.15) is 0 Å². The van der Waals surface area contributed by atoms with Crippen LogP contribution in [0.15, 0.2) is 60.0 Å². The van der Waals surface area contributed by atoms with Gasteiger partial charge >= 0.3 is 0 Å². The van der Waals surface area contributed by atoms with E-state index in [1.165, 1.54) is 21.2 Å². The first-order chi connectivity index (χ1) is 8.42. The van der Waals surface area contributed by atoms with E-state index in [1.54, 1.807) is 0 Å². The van der Waals surface area contributed by atoms with Crippen LogP contribution in [0.5, 0.6) is 0 Å². The number of hydrogen-bond donors (Lipinski definition) is 0. The summed E-state index contributed by atoms with van der Waals surface area (Å²) in [4.78, 5) is 1.47. The second-order valence-electron chi connectivity index (χ2n) is 4.26. The van der Waals surface area contributed by atoms with Gasteiger partial charge in [0.05, 0.1) is 0 Å². The third-order valence-electron chi connectivity index (χ3n) is 3.05. The van der Waals surface area contributed by atoms with E-state index in [2.05, 4.69) is 60.0 Å². The summed E-state index contributed by atoms with van der Waals surface area (Å²) in [6.07, 6.45) is 2.28. The Hall–Kier alpha value is -1.60. The second-order valence-corrected chi connectivity index (χ2v) is 5.29. The molecular weight excluding hydrogens is 224 g/mol. The van der Waals surface area contributed by atoms with Crippen molar-refractivity contribution in [3.8, 4) is 0 Å². The molecule has 0 aliphatic rings. The Bertz CT molecular complexity index is 608. The number of aryl methyl sites for hydroxylation is 2. The molecule has 1 aromatic heterocycles. The first-order valence-corrected chi connectivity index (χ1v) is 6.80. The van der Waals surface area contributed by atoms with E-state index >= 15 is 0 Å². The maximum atomic E-state index is 2.31. The second kappa shape index (κ2) is 4.72. The molecule has 0 aliphatic heterocycles. The van der Waals surface area contributed by atoms with Gasteiger partial charge in [-0.1, -0.05) is 48.5 Å². The van der Waals surface area contributed by atoms with Crippen LogP contribution in [0.2, 0.25) is 0 Å². The Balaban J connectivity index is 1.81. The molecule has 1 heterocycles. The van der Waals surface area contributed by atoms with Gasteiger partial charge in [-0.15, -0.1) is 11.3 Å². The van der Waals surface area contributed by atoms with E-state index in [4.69, 9.17) is 0 Å². The van der Waals surface area contributed by atoms with E-state index in [0.29, 0.717) is 0 Å². The van der Waals surface area contributed by atoms with E-state index in [-0.39, 0.29) is 0 Å². The van der Waals surface area contributed by atoms with Crippen molar-refractivity contribution in [2.24, 2.45) is 0 Å². The highest BCUT2D eigenvalue weighted by atomic mass is 32.1. The normalized spacial score (nSPS) is 10.8. The number of thiophene rings is 1. The molecule has 0 nitrogen and oxygen atoms in total. The lowest BCUT2D eigenvalue weighted by Gasteiger charge is -2.03. The molecule has 3 rings (SSSR count). The Morgan fingerprint density at radius 3 is 2.47 bits per heavy atom. The van der Waals surface area contributed by atoms with E-state index in [9.17, 15) is 0 Å². The summed E-state index contributed by atoms with van der Waals surface area (Å²) >= 11 is 1.85. The number of fused-ring (bicyclic) bond motifs is 1. The quantitative estimate of drug-likeness (QED) is 0.621. The summed E-state index contributed by atoms with van der Waals surface area (Å²) in [5.74, 6) is 0. The molecule has 1 heteroatoms. The van der Waals surface area contributed by atoms with Gasteiger partial charge in [-0.3, -0.25) is 0 Å². The van der Waals surface area contributed by atoms with Crippen LogP contribution in [-0.2, 0) is 12.8 Å². The topological polar surface area (TPSA) is 0 Å². The van der Waals surface area contributed by atoms with Gasteiger partial charge in [-0.2, -0.15) is 0 Å². The van der Waals surface area contributed by atoms with Crippen LogP contribution in [0.25, 0.3) is 10.8 Å². The van der Waals surface area contributed by atoms with E-state index in [0.717, 1.165) is 12.8 Å². The largest absolute Gasteiger partial charge is 0.149 e. The standard InChI is InChI=1S/C16H14S/c1-2-5-15-12-13(7-9-14(15)4-1)8-10-16-6-3-11-17-16/h1-7,9,11-12H,8,10H2. The highest BCUT2D eigenvalue weighted by Crippen LogP contribution is 2.18. The minimum absolute atomic E-state index is 1.13. The first-order valence-electron chi connectivity index (χ1n) is 5.92. The average Bonchev–Trinajstić information content (AvgIpc) is 2.89. The summed E-state index contributed by atoms with van der Waals surface area (Å²) < 4.78 is 0. The van der Waals surface area contributed by atoms with Crippen molar-refractivity contribution in [2.75, 3.05) is 0 Å². The van der Waals surface area contributed by atoms with Crippen molar-refractivity contribution in [1.29, 1.82) is 0 Å². The van der Waals surface area contributed by atoms with Crippen molar-refractivity contribution < 1.29 is 0 Å². The Labute approximate surface area is 106 Å². The molecule has 0 aliphatic carbocycles.